The van der Waals surface area contributed by atoms with Crippen LogP contribution in [0, 0.1) is 12.8 Å². The number of aromatic amines is 1. The molecular weight excluding hydrogens is 316 g/mol. The Kier molecular flexibility index (Phi) is 3.72. The van der Waals surface area contributed by atoms with E-state index in [9.17, 15) is 9.59 Å². The number of carbonyl (C=O) groups excluding carboxylic acids is 2. The highest BCUT2D eigenvalue weighted by Crippen LogP contribution is 2.26. The van der Waals surface area contributed by atoms with E-state index in [1.807, 2.05) is 49.4 Å². The number of fused-ring (bicyclic) bond motifs is 1. The maximum absolute atomic E-state index is 12.5. The Bertz CT molecular complexity index is 945. The third-order valence-electron chi connectivity index (χ3n) is 4.53. The van der Waals surface area contributed by atoms with Crippen LogP contribution in [0.4, 0.5) is 11.4 Å². The fourth-order valence-corrected chi connectivity index (χ4v) is 3.12. The molecule has 1 atom stereocenters. The van der Waals surface area contributed by atoms with Crippen molar-refractivity contribution in [1.29, 1.82) is 0 Å². The SMILES string of the molecule is Cc1ccc(N2CC(C(=O)Nc3ccc4nc[nH]c4c3)CC2=O)cc1. The van der Waals surface area contributed by atoms with Crippen molar-refractivity contribution < 1.29 is 9.59 Å². The van der Waals surface area contributed by atoms with Crippen LogP contribution >= 0.6 is 0 Å². The van der Waals surface area contributed by atoms with Gasteiger partial charge in [-0.1, -0.05) is 17.7 Å². The van der Waals surface area contributed by atoms with Crippen molar-refractivity contribution in [2.75, 3.05) is 16.8 Å². The summed E-state index contributed by atoms with van der Waals surface area (Å²) in [7, 11) is 0. The van der Waals surface area contributed by atoms with Gasteiger partial charge in [0.25, 0.3) is 0 Å². The molecule has 6 nitrogen and oxygen atoms in total. The number of H-pyrrole nitrogens is 1. The van der Waals surface area contributed by atoms with E-state index in [2.05, 4.69) is 15.3 Å². The first-order valence-corrected chi connectivity index (χ1v) is 8.21. The van der Waals surface area contributed by atoms with Gasteiger partial charge in [-0.3, -0.25) is 9.59 Å². The molecule has 2 heterocycles. The van der Waals surface area contributed by atoms with Crippen LogP contribution in [-0.2, 0) is 9.59 Å². The normalized spacial score (nSPS) is 17.2. The van der Waals surface area contributed by atoms with E-state index >= 15 is 0 Å². The molecule has 1 aromatic heterocycles. The van der Waals surface area contributed by atoms with E-state index in [1.165, 1.54) is 0 Å². The average molecular weight is 334 g/mol. The van der Waals surface area contributed by atoms with Gasteiger partial charge in [-0.2, -0.15) is 0 Å². The first-order chi connectivity index (χ1) is 12.1. The molecule has 2 amide bonds. The molecule has 6 heteroatoms. The maximum Gasteiger partial charge on any atom is 0.229 e. The minimum absolute atomic E-state index is 0.0203. The summed E-state index contributed by atoms with van der Waals surface area (Å²) < 4.78 is 0. The number of carbonyl (C=O) groups is 2. The first kappa shape index (κ1) is 15.4. The number of anilines is 2. The van der Waals surface area contributed by atoms with Crippen molar-refractivity contribution in [3.8, 4) is 0 Å². The molecule has 2 aromatic carbocycles. The largest absolute Gasteiger partial charge is 0.345 e. The van der Waals surface area contributed by atoms with Crippen LogP contribution in [0.15, 0.2) is 48.8 Å². The average Bonchev–Trinajstić information content (AvgIpc) is 3.22. The van der Waals surface area contributed by atoms with Gasteiger partial charge in [-0.25, -0.2) is 4.98 Å². The smallest absolute Gasteiger partial charge is 0.229 e. The van der Waals surface area contributed by atoms with Gasteiger partial charge in [0.1, 0.15) is 0 Å². The van der Waals surface area contributed by atoms with E-state index in [-0.39, 0.29) is 24.2 Å². The van der Waals surface area contributed by atoms with E-state index in [4.69, 9.17) is 0 Å². The predicted octanol–water partition coefficient (Wildman–Crippen LogP) is 2.86. The van der Waals surface area contributed by atoms with E-state index in [1.54, 1.807) is 11.2 Å². The second kappa shape index (κ2) is 6.05. The summed E-state index contributed by atoms with van der Waals surface area (Å²) in [5.74, 6) is -0.513. The molecule has 0 aliphatic carbocycles. The number of benzene rings is 2. The fourth-order valence-electron chi connectivity index (χ4n) is 3.12. The van der Waals surface area contributed by atoms with Crippen LogP contribution < -0.4 is 10.2 Å². The van der Waals surface area contributed by atoms with E-state index in [0.29, 0.717) is 12.2 Å². The van der Waals surface area contributed by atoms with Crippen molar-refractivity contribution >= 4 is 34.2 Å². The summed E-state index contributed by atoms with van der Waals surface area (Å²) >= 11 is 0. The molecule has 4 rings (SSSR count). The van der Waals surface area contributed by atoms with E-state index < -0.39 is 0 Å². The molecule has 126 valence electrons. The highest BCUT2D eigenvalue weighted by Gasteiger charge is 2.35. The molecule has 25 heavy (non-hydrogen) atoms. The van der Waals surface area contributed by atoms with Crippen molar-refractivity contribution in [2.45, 2.75) is 13.3 Å². The number of rotatable bonds is 3. The summed E-state index contributed by atoms with van der Waals surface area (Å²) in [4.78, 5) is 33.7. The molecular formula is C19H18N4O2. The van der Waals surface area contributed by atoms with Gasteiger partial charge >= 0.3 is 0 Å². The molecule has 0 spiro atoms. The highest BCUT2D eigenvalue weighted by atomic mass is 16.2. The Balaban J connectivity index is 1.47. The standard InChI is InChI=1S/C19H18N4O2/c1-12-2-5-15(6-3-12)23-10-13(8-18(23)24)19(25)22-14-4-7-16-17(9-14)21-11-20-16/h2-7,9,11,13H,8,10H2,1H3,(H,20,21)(H,22,25). The van der Waals surface area contributed by atoms with Crippen LogP contribution in [0.2, 0.25) is 0 Å². The molecule has 1 unspecified atom stereocenters. The van der Waals surface area contributed by atoms with E-state index in [0.717, 1.165) is 22.3 Å². The zero-order valence-electron chi connectivity index (χ0n) is 13.8. The number of hydrogen-bond acceptors (Lipinski definition) is 3. The van der Waals surface area contributed by atoms with Gasteiger partial charge in [-0.05, 0) is 37.3 Å². The molecule has 1 fully saturated rings. The molecule has 3 aromatic rings. The lowest BCUT2D eigenvalue weighted by Crippen LogP contribution is -2.28. The van der Waals surface area contributed by atoms with Crippen molar-refractivity contribution in [3.05, 3.63) is 54.4 Å². The van der Waals surface area contributed by atoms with Gasteiger partial charge < -0.3 is 15.2 Å². The second-order valence-electron chi connectivity index (χ2n) is 6.36. The number of amides is 2. The minimum atomic E-state index is -0.355. The zero-order valence-corrected chi connectivity index (χ0v) is 13.8. The molecule has 0 bridgehead atoms. The maximum atomic E-state index is 12.5. The Morgan fingerprint density at radius 3 is 2.84 bits per heavy atom. The van der Waals surface area contributed by atoms with Gasteiger partial charge in [-0.15, -0.1) is 0 Å². The number of hydrogen-bond donors (Lipinski definition) is 2. The molecule has 0 radical (unpaired) electrons. The Morgan fingerprint density at radius 1 is 1.24 bits per heavy atom. The van der Waals surface area contributed by atoms with Crippen LogP contribution in [0.5, 0.6) is 0 Å². The topological polar surface area (TPSA) is 78.1 Å². The van der Waals surface area contributed by atoms with Gasteiger partial charge in [0.2, 0.25) is 11.8 Å². The lowest BCUT2D eigenvalue weighted by Gasteiger charge is -2.17. The Hall–Kier alpha value is -3.15. The lowest BCUT2D eigenvalue weighted by molar-refractivity contribution is -0.122. The molecule has 1 aliphatic heterocycles. The first-order valence-electron chi connectivity index (χ1n) is 8.21. The monoisotopic (exact) mass is 334 g/mol. The number of imidazole rings is 1. The van der Waals surface area contributed by atoms with Crippen LogP contribution in [0.3, 0.4) is 0 Å². The molecule has 1 saturated heterocycles. The van der Waals surface area contributed by atoms with Crippen LogP contribution in [0.25, 0.3) is 11.0 Å². The third-order valence-corrected chi connectivity index (χ3v) is 4.53. The van der Waals surface area contributed by atoms with Crippen molar-refractivity contribution in [3.63, 3.8) is 0 Å². The Morgan fingerprint density at radius 2 is 2.04 bits per heavy atom. The fraction of sp³-hybridized carbons (Fsp3) is 0.211. The number of aryl methyl sites for hydroxylation is 1. The predicted molar refractivity (Wildman–Crippen MR) is 96.4 cm³/mol. The van der Waals surface area contributed by atoms with Gasteiger partial charge in [0.15, 0.2) is 0 Å². The molecule has 1 aliphatic rings. The number of aromatic nitrogens is 2. The van der Waals surface area contributed by atoms with Crippen LogP contribution in [-0.4, -0.2) is 28.3 Å². The summed E-state index contributed by atoms with van der Waals surface area (Å²) in [5, 5.41) is 2.90. The summed E-state index contributed by atoms with van der Waals surface area (Å²) in [6, 6.07) is 13.3. The molecule has 0 saturated carbocycles. The summed E-state index contributed by atoms with van der Waals surface area (Å²) in [5.41, 5.74) is 4.38. The zero-order chi connectivity index (χ0) is 17.4. The third kappa shape index (κ3) is 2.98. The van der Waals surface area contributed by atoms with Gasteiger partial charge in [0, 0.05) is 24.3 Å². The summed E-state index contributed by atoms with van der Waals surface area (Å²) in [6.45, 7) is 2.41. The number of nitrogens with one attached hydrogen (secondary N) is 2. The summed E-state index contributed by atoms with van der Waals surface area (Å²) in [6.07, 6.45) is 1.84. The molecule has 2 N–H and O–H groups in total. The lowest BCUT2D eigenvalue weighted by atomic mass is 10.1. The highest BCUT2D eigenvalue weighted by molar-refractivity contribution is 6.03. The Labute approximate surface area is 144 Å². The quantitative estimate of drug-likeness (QED) is 0.773. The second-order valence-corrected chi connectivity index (χ2v) is 6.36. The minimum Gasteiger partial charge on any atom is -0.345 e. The van der Waals surface area contributed by atoms with Crippen molar-refractivity contribution in [2.24, 2.45) is 5.92 Å². The van der Waals surface area contributed by atoms with Gasteiger partial charge in [0.05, 0.1) is 23.3 Å². The number of nitrogens with zero attached hydrogens (tertiary/aromatic N) is 2. The van der Waals surface area contributed by atoms with Crippen molar-refractivity contribution in [1.82, 2.24) is 9.97 Å². The van der Waals surface area contributed by atoms with Crippen LogP contribution in [0.1, 0.15) is 12.0 Å².